The quantitative estimate of drug-likeness (QED) is 0.594. The fourth-order valence-electron chi connectivity index (χ4n) is 1.90. The molecule has 5 nitrogen and oxygen atoms in total. The first-order chi connectivity index (χ1) is 8.34. The molecule has 2 atom stereocenters. The van der Waals surface area contributed by atoms with E-state index in [1.54, 1.807) is 7.11 Å². The van der Waals surface area contributed by atoms with Crippen LogP contribution < -0.4 is 11.1 Å². The van der Waals surface area contributed by atoms with Crippen LogP contribution in [0, 0.1) is 11.3 Å². The second-order valence-corrected chi connectivity index (χ2v) is 5.87. The Kier molecular flexibility index (Phi) is 8.15. The highest BCUT2D eigenvalue weighted by Crippen LogP contribution is 2.24. The van der Waals surface area contributed by atoms with E-state index in [1.165, 1.54) is 0 Å². The van der Waals surface area contributed by atoms with Gasteiger partial charge in [0.05, 0.1) is 18.6 Å². The molecule has 0 fully saturated rings. The molecule has 0 heterocycles. The predicted molar refractivity (Wildman–Crippen MR) is 72.1 cm³/mol. The molecule has 1 amide bonds. The Hall–Kier alpha value is -0.650. The van der Waals surface area contributed by atoms with Crippen molar-refractivity contribution in [3.8, 4) is 0 Å². The molecule has 0 spiro atoms. The van der Waals surface area contributed by atoms with Gasteiger partial charge in [-0.1, -0.05) is 20.8 Å². The van der Waals surface area contributed by atoms with E-state index in [9.17, 15) is 4.79 Å². The fourth-order valence-corrected chi connectivity index (χ4v) is 1.90. The number of ether oxygens (including phenoxy) is 1. The van der Waals surface area contributed by atoms with E-state index in [2.05, 4.69) is 26.1 Å². The van der Waals surface area contributed by atoms with Crippen LogP contribution in [0.25, 0.3) is 0 Å². The Labute approximate surface area is 110 Å². The maximum Gasteiger partial charge on any atom is 0.224 e. The van der Waals surface area contributed by atoms with Gasteiger partial charge in [0.1, 0.15) is 0 Å². The zero-order valence-corrected chi connectivity index (χ0v) is 12.0. The molecule has 4 N–H and O–H groups in total. The lowest BCUT2D eigenvalue weighted by Crippen LogP contribution is -2.44. The van der Waals surface area contributed by atoms with Gasteiger partial charge >= 0.3 is 0 Å². The molecule has 0 aliphatic carbocycles. The smallest absolute Gasteiger partial charge is 0.224 e. The van der Waals surface area contributed by atoms with Crippen molar-refractivity contribution in [1.29, 1.82) is 0 Å². The number of methoxy groups -OCH3 is 1. The van der Waals surface area contributed by atoms with Crippen molar-refractivity contribution in [2.45, 2.75) is 39.7 Å². The first kappa shape index (κ1) is 17.4. The zero-order chi connectivity index (χ0) is 14.2. The Balaban J connectivity index is 4.39. The van der Waals surface area contributed by atoms with Gasteiger partial charge in [-0.25, -0.2) is 0 Å². The molecule has 0 saturated carbocycles. The first-order valence-electron chi connectivity index (χ1n) is 6.44. The predicted octanol–water partition coefficient (Wildman–Crippen LogP) is 0.511. The van der Waals surface area contributed by atoms with Crippen molar-refractivity contribution in [3.63, 3.8) is 0 Å². The largest absolute Gasteiger partial charge is 0.396 e. The topological polar surface area (TPSA) is 84.6 Å². The Morgan fingerprint density at radius 2 is 2.06 bits per heavy atom. The Morgan fingerprint density at radius 1 is 1.44 bits per heavy atom. The molecule has 108 valence electrons. The van der Waals surface area contributed by atoms with E-state index in [0.717, 1.165) is 6.42 Å². The number of carbonyl (C=O) groups is 1. The van der Waals surface area contributed by atoms with Crippen molar-refractivity contribution in [1.82, 2.24) is 5.32 Å². The summed E-state index contributed by atoms with van der Waals surface area (Å²) < 4.78 is 5.01. The minimum absolute atomic E-state index is 0.0286. The number of nitrogens with two attached hydrogens (primary N) is 1. The average molecular weight is 260 g/mol. The molecule has 0 bridgehead atoms. The summed E-state index contributed by atoms with van der Waals surface area (Å²) >= 11 is 0. The summed E-state index contributed by atoms with van der Waals surface area (Å²) in [6, 6.07) is -0.151. The maximum absolute atomic E-state index is 12.1. The van der Waals surface area contributed by atoms with Crippen LogP contribution in [0.2, 0.25) is 0 Å². The summed E-state index contributed by atoms with van der Waals surface area (Å²) in [6.07, 6.45) is 1.24. The second kappa shape index (κ2) is 8.45. The van der Waals surface area contributed by atoms with Gasteiger partial charge in [-0.15, -0.1) is 0 Å². The highest BCUT2D eigenvalue weighted by molar-refractivity contribution is 5.79. The highest BCUT2D eigenvalue weighted by Gasteiger charge is 2.25. The van der Waals surface area contributed by atoms with Crippen molar-refractivity contribution < 1.29 is 14.6 Å². The molecular weight excluding hydrogens is 232 g/mol. The van der Waals surface area contributed by atoms with Gasteiger partial charge in [0.25, 0.3) is 0 Å². The van der Waals surface area contributed by atoms with E-state index >= 15 is 0 Å². The number of hydrogen-bond donors (Lipinski definition) is 3. The molecule has 0 aliphatic heterocycles. The molecule has 0 radical (unpaired) electrons. The number of carbonyl (C=O) groups excluding carboxylic acids is 1. The maximum atomic E-state index is 12.1. The van der Waals surface area contributed by atoms with Gasteiger partial charge in [0, 0.05) is 20.3 Å². The number of hydrogen-bond acceptors (Lipinski definition) is 4. The SMILES string of the molecule is COCC(CCO)NC(=O)C(CN)CC(C)(C)C. The lowest BCUT2D eigenvalue weighted by Gasteiger charge is -2.26. The molecule has 0 aromatic carbocycles. The third-order valence-electron chi connectivity index (χ3n) is 2.71. The van der Waals surface area contributed by atoms with Gasteiger partial charge in [0.2, 0.25) is 5.91 Å². The van der Waals surface area contributed by atoms with Crippen LogP contribution in [0.4, 0.5) is 0 Å². The van der Waals surface area contributed by atoms with Gasteiger partial charge in [0.15, 0.2) is 0 Å². The minimum atomic E-state index is -0.192. The molecule has 18 heavy (non-hydrogen) atoms. The van der Waals surface area contributed by atoms with Gasteiger partial charge in [-0.2, -0.15) is 0 Å². The number of amides is 1. The summed E-state index contributed by atoms with van der Waals surface area (Å²) in [5.41, 5.74) is 5.73. The summed E-state index contributed by atoms with van der Waals surface area (Å²) in [4.78, 5) is 12.1. The summed E-state index contributed by atoms with van der Waals surface area (Å²) in [7, 11) is 1.58. The molecular formula is C13H28N2O3. The van der Waals surface area contributed by atoms with E-state index in [1.807, 2.05) is 0 Å². The third kappa shape index (κ3) is 7.63. The van der Waals surface area contributed by atoms with Crippen molar-refractivity contribution in [2.24, 2.45) is 17.1 Å². The molecule has 2 unspecified atom stereocenters. The molecule has 5 heteroatoms. The van der Waals surface area contributed by atoms with Gasteiger partial charge in [-0.05, 0) is 18.3 Å². The van der Waals surface area contributed by atoms with E-state index in [4.69, 9.17) is 15.6 Å². The van der Waals surface area contributed by atoms with Crippen LogP contribution in [-0.4, -0.2) is 43.9 Å². The normalized spacial score (nSPS) is 15.2. The lowest BCUT2D eigenvalue weighted by atomic mass is 9.84. The fraction of sp³-hybridized carbons (Fsp3) is 0.923. The molecule has 0 aromatic heterocycles. The van der Waals surface area contributed by atoms with Crippen LogP contribution in [0.15, 0.2) is 0 Å². The first-order valence-corrected chi connectivity index (χ1v) is 6.44. The van der Waals surface area contributed by atoms with Crippen LogP contribution in [0.3, 0.4) is 0 Å². The molecule has 0 aromatic rings. The third-order valence-corrected chi connectivity index (χ3v) is 2.71. The van der Waals surface area contributed by atoms with Crippen LogP contribution >= 0.6 is 0 Å². The summed E-state index contributed by atoms with van der Waals surface area (Å²) in [5.74, 6) is -0.244. The molecule has 0 rings (SSSR count). The summed E-state index contributed by atoms with van der Waals surface area (Å²) in [6.45, 7) is 7.03. The number of nitrogens with one attached hydrogen (secondary N) is 1. The Bertz CT molecular complexity index is 233. The highest BCUT2D eigenvalue weighted by atomic mass is 16.5. The second-order valence-electron chi connectivity index (χ2n) is 5.87. The average Bonchev–Trinajstić information content (AvgIpc) is 2.25. The van der Waals surface area contributed by atoms with Crippen LogP contribution in [0.5, 0.6) is 0 Å². The standard InChI is InChI=1S/C13H28N2O3/c1-13(2,3)7-10(8-14)12(17)15-11(5-6-16)9-18-4/h10-11,16H,5-9,14H2,1-4H3,(H,15,17). The number of rotatable bonds is 8. The van der Waals surface area contributed by atoms with E-state index in [-0.39, 0.29) is 29.9 Å². The molecule has 0 saturated heterocycles. The molecule has 0 aliphatic rings. The van der Waals surface area contributed by atoms with Crippen molar-refractivity contribution in [3.05, 3.63) is 0 Å². The summed E-state index contributed by atoms with van der Waals surface area (Å²) in [5, 5.41) is 11.8. The number of aliphatic hydroxyl groups excluding tert-OH is 1. The van der Waals surface area contributed by atoms with Crippen LogP contribution in [-0.2, 0) is 9.53 Å². The monoisotopic (exact) mass is 260 g/mol. The van der Waals surface area contributed by atoms with E-state index in [0.29, 0.717) is 19.6 Å². The van der Waals surface area contributed by atoms with Crippen molar-refractivity contribution in [2.75, 3.05) is 26.9 Å². The van der Waals surface area contributed by atoms with Crippen LogP contribution in [0.1, 0.15) is 33.6 Å². The van der Waals surface area contributed by atoms with Gasteiger partial charge < -0.3 is 20.9 Å². The lowest BCUT2D eigenvalue weighted by molar-refractivity contribution is -0.126. The number of aliphatic hydroxyl groups is 1. The Morgan fingerprint density at radius 3 is 2.44 bits per heavy atom. The van der Waals surface area contributed by atoms with Crippen molar-refractivity contribution >= 4 is 5.91 Å². The minimum Gasteiger partial charge on any atom is -0.396 e. The van der Waals surface area contributed by atoms with Gasteiger partial charge in [-0.3, -0.25) is 4.79 Å². The van der Waals surface area contributed by atoms with E-state index < -0.39 is 0 Å². The zero-order valence-electron chi connectivity index (χ0n) is 12.0.